The first-order valence-electron chi connectivity index (χ1n) is 4.10. The fourth-order valence-corrected chi connectivity index (χ4v) is 0.866. The van der Waals surface area contributed by atoms with E-state index in [1.807, 2.05) is 0 Å². The Morgan fingerprint density at radius 2 is 1.91 bits per heavy atom. The van der Waals surface area contributed by atoms with E-state index in [2.05, 4.69) is 6.92 Å². The highest BCUT2D eigenvalue weighted by atomic mass is 16.3. The maximum absolute atomic E-state index is 9.47. The molecular formula is C8H19NO2. The molecule has 0 rings (SSSR count). The van der Waals surface area contributed by atoms with Gasteiger partial charge in [0.05, 0.1) is 6.73 Å². The summed E-state index contributed by atoms with van der Waals surface area (Å²) in [7, 11) is 0. The van der Waals surface area contributed by atoms with Gasteiger partial charge in [-0.2, -0.15) is 0 Å². The number of nitrogens with zero attached hydrogens (tertiary/aromatic N) is 1. The molecular weight excluding hydrogens is 142 g/mol. The van der Waals surface area contributed by atoms with Gasteiger partial charge in [0.15, 0.2) is 0 Å². The molecule has 0 radical (unpaired) electrons. The van der Waals surface area contributed by atoms with E-state index in [4.69, 9.17) is 5.11 Å². The molecule has 3 nitrogen and oxygen atoms in total. The van der Waals surface area contributed by atoms with Crippen LogP contribution in [0.5, 0.6) is 0 Å². The molecule has 0 atom stereocenters. The van der Waals surface area contributed by atoms with Gasteiger partial charge in [-0.3, -0.25) is 4.90 Å². The number of aliphatic hydroxyl groups excluding tert-OH is 1. The molecule has 0 aromatic rings. The van der Waals surface area contributed by atoms with Crippen LogP contribution in [-0.2, 0) is 0 Å². The molecule has 0 aromatic carbocycles. The second kappa shape index (κ2) is 4.70. The maximum atomic E-state index is 9.47. The Hall–Kier alpha value is -0.120. The van der Waals surface area contributed by atoms with Crippen LogP contribution in [0.25, 0.3) is 0 Å². The zero-order valence-electron chi connectivity index (χ0n) is 7.67. The average molecular weight is 161 g/mol. The molecule has 11 heavy (non-hydrogen) atoms. The Labute approximate surface area is 68.6 Å². The van der Waals surface area contributed by atoms with E-state index in [0.717, 1.165) is 19.4 Å². The van der Waals surface area contributed by atoms with Crippen LogP contribution < -0.4 is 0 Å². The molecule has 0 fully saturated rings. The lowest BCUT2D eigenvalue weighted by Gasteiger charge is -2.31. The molecule has 3 heteroatoms. The van der Waals surface area contributed by atoms with Crippen LogP contribution in [0.3, 0.4) is 0 Å². The zero-order chi connectivity index (χ0) is 8.91. The molecule has 2 N–H and O–H groups in total. The lowest BCUT2D eigenvalue weighted by atomic mass is 10.2. The highest BCUT2D eigenvalue weighted by Gasteiger charge is 2.21. The SMILES string of the molecule is CCCCN(CO)C(C)(C)O. The van der Waals surface area contributed by atoms with Gasteiger partial charge < -0.3 is 10.2 Å². The summed E-state index contributed by atoms with van der Waals surface area (Å²) < 4.78 is 0. The van der Waals surface area contributed by atoms with Crippen molar-refractivity contribution in [3.63, 3.8) is 0 Å². The van der Waals surface area contributed by atoms with Crippen molar-refractivity contribution in [3.8, 4) is 0 Å². The van der Waals surface area contributed by atoms with Gasteiger partial charge in [0, 0.05) is 6.54 Å². The van der Waals surface area contributed by atoms with Crippen molar-refractivity contribution in [1.82, 2.24) is 4.90 Å². The molecule has 0 saturated carbocycles. The normalized spacial score (nSPS) is 12.5. The van der Waals surface area contributed by atoms with Gasteiger partial charge in [-0.05, 0) is 20.3 Å². The summed E-state index contributed by atoms with van der Waals surface area (Å²) in [6.45, 7) is 6.11. The van der Waals surface area contributed by atoms with Crippen molar-refractivity contribution in [1.29, 1.82) is 0 Å². The Bertz CT molecular complexity index is 98.8. The molecule has 0 heterocycles. The first-order valence-corrected chi connectivity index (χ1v) is 4.10. The predicted octanol–water partition coefficient (Wildman–Crippen LogP) is 0.767. The Balaban J connectivity index is 3.76. The monoisotopic (exact) mass is 161 g/mol. The van der Waals surface area contributed by atoms with Crippen molar-refractivity contribution in [2.45, 2.75) is 39.3 Å². The lowest BCUT2D eigenvalue weighted by Crippen LogP contribution is -2.44. The van der Waals surface area contributed by atoms with Gasteiger partial charge in [-0.25, -0.2) is 0 Å². The van der Waals surface area contributed by atoms with Crippen LogP contribution >= 0.6 is 0 Å². The number of rotatable bonds is 5. The van der Waals surface area contributed by atoms with Crippen LogP contribution in [0.1, 0.15) is 33.6 Å². The second-order valence-electron chi connectivity index (χ2n) is 3.25. The van der Waals surface area contributed by atoms with E-state index in [1.165, 1.54) is 0 Å². The third kappa shape index (κ3) is 4.35. The maximum Gasteiger partial charge on any atom is 0.114 e. The van der Waals surface area contributed by atoms with Gasteiger partial charge in [0.2, 0.25) is 0 Å². The van der Waals surface area contributed by atoms with Crippen LogP contribution in [0.2, 0.25) is 0 Å². The molecule has 0 unspecified atom stereocenters. The lowest BCUT2D eigenvalue weighted by molar-refractivity contribution is -0.113. The van der Waals surface area contributed by atoms with Gasteiger partial charge >= 0.3 is 0 Å². The van der Waals surface area contributed by atoms with Crippen LogP contribution in [-0.4, -0.2) is 34.1 Å². The Morgan fingerprint density at radius 1 is 1.36 bits per heavy atom. The molecule has 0 bridgehead atoms. The summed E-state index contributed by atoms with van der Waals surface area (Å²) in [5, 5.41) is 18.3. The third-order valence-electron chi connectivity index (χ3n) is 1.73. The first-order chi connectivity index (χ1) is 5.02. The van der Waals surface area contributed by atoms with Crippen LogP contribution in [0.4, 0.5) is 0 Å². The number of aliphatic hydroxyl groups is 2. The molecule has 0 aliphatic heterocycles. The van der Waals surface area contributed by atoms with E-state index in [1.54, 1.807) is 18.7 Å². The number of unbranched alkanes of at least 4 members (excludes halogenated alkanes) is 1. The molecule has 68 valence electrons. The largest absolute Gasteiger partial charge is 0.381 e. The molecule has 0 amide bonds. The second-order valence-corrected chi connectivity index (χ2v) is 3.25. The van der Waals surface area contributed by atoms with Crippen molar-refractivity contribution < 1.29 is 10.2 Å². The minimum absolute atomic E-state index is 0.0799. The summed E-state index contributed by atoms with van der Waals surface area (Å²) in [4.78, 5) is 1.64. The standard InChI is InChI=1S/C8H19NO2/c1-4-5-6-9(7-10)8(2,3)11/h10-11H,4-7H2,1-3H3. The Kier molecular flexibility index (Phi) is 4.65. The summed E-state index contributed by atoms with van der Waals surface area (Å²) >= 11 is 0. The number of hydrogen-bond acceptors (Lipinski definition) is 3. The fourth-order valence-electron chi connectivity index (χ4n) is 0.866. The highest BCUT2D eigenvalue weighted by Crippen LogP contribution is 2.09. The summed E-state index contributed by atoms with van der Waals surface area (Å²) in [5.74, 6) is 0. The minimum atomic E-state index is -0.899. The van der Waals surface area contributed by atoms with Crippen molar-refractivity contribution in [2.75, 3.05) is 13.3 Å². The molecule has 0 aromatic heterocycles. The number of hydrogen-bond donors (Lipinski definition) is 2. The topological polar surface area (TPSA) is 43.7 Å². The van der Waals surface area contributed by atoms with E-state index in [0.29, 0.717) is 0 Å². The van der Waals surface area contributed by atoms with Gasteiger partial charge in [0.25, 0.3) is 0 Å². The quantitative estimate of drug-likeness (QED) is 0.585. The first kappa shape index (κ1) is 10.9. The van der Waals surface area contributed by atoms with Crippen LogP contribution in [0, 0.1) is 0 Å². The molecule has 0 aliphatic carbocycles. The highest BCUT2D eigenvalue weighted by molar-refractivity contribution is 4.65. The van der Waals surface area contributed by atoms with Gasteiger partial charge in [-0.1, -0.05) is 13.3 Å². The third-order valence-corrected chi connectivity index (χ3v) is 1.73. The summed E-state index contributed by atoms with van der Waals surface area (Å²) in [6, 6.07) is 0. The Morgan fingerprint density at radius 3 is 2.18 bits per heavy atom. The van der Waals surface area contributed by atoms with E-state index in [9.17, 15) is 5.11 Å². The summed E-state index contributed by atoms with van der Waals surface area (Å²) in [5.41, 5.74) is -0.899. The van der Waals surface area contributed by atoms with Crippen LogP contribution in [0.15, 0.2) is 0 Å². The van der Waals surface area contributed by atoms with Crippen molar-refractivity contribution >= 4 is 0 Å². The van der Waals surface area contributed by atoms with E-state index >= 15 is 0 Å². The van der Waals surface area contributed by atoms with E-state index in [-0.39, 0.29) is 6.73 Å². The molecule has 0 aliphatic rings. The fraction of sp³-hybridized carbons (Fsp3) is 1.00. The molecule has 0 spiro atoms. The smallest absolute Gasteiger partial charge is 0.114 e. The minimum Gasteiger partial charge on any atom is -0.381 e. The average Bonchev–Trinajstić information content (AvgIpc) is 1.87. The predicted molar refractivity (Wildman–Crippen MR) is 45.0 cm³/mol. The van der Waals surface area contributed by atoms with Crippen molar-refractivity contribution in [2.24, 2.45) is 0 Å². The van der Waals surface area contributed by atoms with Gasteiger partial charge in [0.1, 0.15) is 5.72 Å². The van der Waals surface area contributed by atoms with Crippen molar-refractivity contribution in [3.05, 3.63) is 0 Å². The summed E-state index contributed by atoms with van der Waals surface area (Å²) in [6.07, 6.45) is 2.08. The van der Waals surface area contributed by atoms with Gasteiger partial charge in [-0.15, -0.1) is 0 Å². The molecule has 0 saturated heterocycles. The zero-order valence-corrected chi connectivity index (χ0v) is 7.67. The van der Waals surface area contributed by atoms with E-state index < -0.39 is 5.72 Å².